The highest BCUT2D eigenvalue weighted by Crippen LogP contribution is 2.58. The summed E-state index contributed by atoms with van der Waals surface area (Å²) in [4.78, 5) is 10.9. The number of primary amides is 1. The second-order valence-corrected chi connectivity index (χ2v) is 13.9. The molecular formula is C10H5Br4ClF2INO2S. The molecule has 0 aromatic heterocycles. The molecule has 22 heavy (non-hydrogen) atoms. The topological polar surface area (TPSA) is 52.3 Å². The Morgan fingerprint density at radius 2 is 2.00 bits per heavy atom. The van der Waals surface area contributed by atoms with E-state index in [1.807, 2.05) is 22.6 Å². The minimum atomic E-state index is -3.30. The summed E-state index contributed by atoms with van der Waals surface area (Å²) in [5, 5.41) is -3.18. The molecule has 0 aliphatic heterocycles. The van der Waals surface area contributed by atoms with Crippen LogP contribution in [-0.4, -0.2) is 19.9 Å². The second kappa shape index (κ2) is 8.35. The molecule has 2 N–H and O–H groups in total. The summed E-state index contributed by atoms with van der Waals surface area (Å²) in [5.41, 5.74) is 5.02. The molecule has 0 radical (unpaired) electrons. The van der Waals surface area contributed by atoms with Crippen LogP contribution < -0.4 is 10.5 Å². The van der Waals surface area contributed by atoms with Crippen molar-refractivity contribution in [3.8, 4) is 5.75 Å². The van der Waals surface area contributed by atoms with Crippen LogP contribution in [0.2, 0.25) is 5.02 Å². The number of nitrogens with two attached hydrogens (primary N) is 1. The number of benzene rings is 1. The maximum atomic E-state index is 14.1. The van der Waals surface area contributed by atoms with Gasteiger partial charge in [0, 0.05) is 4.90 Å². The average Bonchev–Trinajstić information content (AvgIpc) is 2.32. The molecule has 1 aromatic carbocycles. The van der Waals surface area contributed by atoms with Crippen LogP contribution in [0.4, 0.5) is 8.78 Å². The van der Waals surface area contributed by atoms with Crippen molar-refractivity contribution in [2.45, 2.75) is 12.3 Å². The molecule has 1 amide bonds. The summed E-state index contributed by atoms with van der Waals surface area (Å²) in [6, 6.07) is 1.46. The first-order chi connectivity index (χ1) is 9.86. The van der Waals surface area contributed by atoms with E-state index in [1.54, 1.807) is 0 Å². The van der Waals surface area contributed by atoms with Gasteiger partial charge in [-0.2, -0.15) is 8.78 Å². The maximum Gasteiger partial charge on any atom is 0.332 e. The van der Waals surface area contributed by atoms with Crippen LogP contribution in [0.5, 0.6) is 5.75 Å². The molecule has 3 nitrogen and oxygen atoms in total. The average molecular weight is 723 g/mol. The molecule has 0 aliphatic rings. The Balaban J connectivity index is 3.26. The first kappa shape index (κ1) is 21.7. The molecule has 0 aliphatic carbocycles. The number of hydrogen-bond acceptors (Lipinski definition) is 3. The smallest absolute Gasteiger partial charge is 0.332 e. The zero-order valence-electron chi connectivity index (χ0n) is 10.1. The minimum Gasteiger partial charge on any atom is -0.481 e. The molecule has 0 saturated heterocycles. The van der Waals surface area contributed by atoms with Gasteiger partial charge in [0.25, 0.3) is 5.91 Å². The van der Waals surface area contributed by atoms with Crippen molar-refractivity contribution in [2.24, 2.45) is 5.73 Å². The molecule has 0 spiro atoms. The molecule has 0 saturated carbocycles. The normalized spacial score (nSPS) is 12.4. The minimum absolute atomic E-state index is 0.0641. The number of ether oxygens (including phenoxy) is 1. The van der Waals surface area contributed by atoms with Gasteiger partial charge in [-0.15, -0.1) is 0 Å². The van der Waals surface area contributed by atoms with Crippen molar-refractivity contribution in [2.75, 3.05) is 6.61 Å². The lowest BCUT2D eigenvalue weighted by molar-refractivity contribution is -0.119. The van der Waals surface area contributed by atoms with Gasteiger partial charge in [-0.25, -0.2) is 0 Å². The van der Waals surface area contributed by atoms with E-state index in [0.717, 1.165) is 0 Å². The highest BCUT2D eigenvalue weighted by molar-refractivity contribution is 14.1. The van der Waals surface area contributed by atoms with Gasteiger partial charge in [0.1, 0.15) is 5.75 Å². The summed E-state index contributed by atoms with van der Waals surface area (Å²) in [7, 11) is 0. The Morgan fingerprint density at radius 3 is 2.45 bits per heavy atom. The van der Waals surface area contributed by atoms with Gasteiger partial charge in [-0.05, 0) is 56.3 Å². The van der Waals surface area contributed by atoms with Gasteiger partial charge in [-0.3, -0.25) is 4.79 Å². The van der Waals surface area contributed by atoms with Crippen LogP contribution in [0.15, 0.2) is 15.4 Å². The van der Waals surface area contributed by atoms with Crippen molar-refractivity contribution in [3.05, 3.63) is 19.1 Å². The Morgan fingerprint density at radius 1 is 1.45 bits per heavy atom. The summed E-state index contributed by atoms with van der Waals surface area (Å²) in [5.74, 6) is -0.469. The van der Waals surface area contributed by atoms with E-state index in [1.165, 1.54) is 6.07 Å². The fourth-order valence-corrected chi connectivity index (χ4v) is 5.06. The Labute approximate surface area is 181 Å². The summed E-state index contributed by atoms with van der Waals surface area (Å²) < 4.78 is 32.5. The summed E-state index contributed by atoms with van der Waals surface area (Å²) >= 11 is 19.8. The maximum absolute atomic E-state index is 14.1. The predicted octanol–water partition coefficient (Wildman–Crippen LogP) is 6.09. The molecule has 0 heterocycles. The van der Waals surface area contributed by atoms with Gasteiger partial charge in [0.2, 0.25) is 2.14 Å². The monoisotopic (exact) mass is 719 g/mol. The van der Waals surface area contributed by atoms with Crippen LogP contribution >= 0.6 is 110 Å². The summed E-state index contributed by atoms with van der Waals surface area (Å²) in [6.07, 6.45) is 0. The van der Waals surface area contributed by atoms with Crippen LogP contribution in [0.3, 0.4) is 0 Å². The molecule has 124 valence electrons. The predicted molar refractivity (Wildman–Crippen MR) is 107 cm³/mol. The number of amides is 1. The Hall–Kier alpha value is 1.64. The Kier molecular flexibility index (Phi) is 8.23. The van der Waals surface area contributed by atoms with Gasteiger partial charge < -0.3 is 10.5 Å². The van der Waals surface area contributed by atoms with Crippen LogP contribution in [0, 0.1) is 3.57 Å². The first-order valence-electron chi connectivity index (χ1n) is 5.09. The fourth-order valence-electron chi connectivity index (χ4n) is 1.11. The van der Waals surface area contributed by atoms with Crippen LogP contribution in [-0.2, 0) is 4.79 Å². The largest absolute Gasteiger partial charge is 0.481 e. The van der Waals surface area contributed by atoms with E-state index in [4.69, 9.17) is 22.1 Å². The van der Waals surface area contributed by atoms with Crippen molar-refractivity contribution < 1.29 is 18.3 Å². The quantitative estimate of drug-likeness (QED) is 0.228. The van der Waals surface area contributed by atoms with E-state index in [2.05, 4.69) is 63.7 Å². The van der Waals surface area contributed by atoms with E-state index in [-0.39, 0.29) is 38.5 Å². The number of thioether (sulfide) groups is 1. The second-order valence-electron chi connectivity index (χ2n) is 3.68. The van der Waals surface area contributed by atoms with Gasteiger partial charge in [0.05, 0.1) is 13.1 Å². The third kappa shape index (κ3) is 5.58. The molecule has 1 rings (SSSR count). The molecule has 0 fully saturated rings. The third-order valence-corrected chi connectivity index (χ3v) is 7.71. The first-order valence-corrected chi connectivity index (χ1v) is 10.5. The standard InChI is InChI=1S/C10H5Br4ClF2INO2S/c11-6-7(21-2-5(19)20)4(18)1-3(15)8(6)22-10(16,17)9(12,13)14/h1H,2H2,(H2,19,20). The van der Waals surface area contributed by atoms with Crippen molar-refractivity contribution in [3.63, 3.8) is 0 Å². The van der Waals surface area contributed by atoms with E-state index in [9.17, 15) is 13.6 Å². The summed E-state index contributed by atoms with van der Waals surface area (Å²) in [6.45, 7) is -0.379. The van der Waals surface area contributed by atoms with E-state index >= 15 is 0 Å². The lowest BCUT2D eigenvalue weighted by Crippen LogP contribution is -2.28. The van der Waals surface area contributed by atoms with Crippen molar-refractivity contribution in [1.82, 2.24) is 0 Å². The molecule has 12 heteroatoms. The van der Waals surface area contributed by atoms with Gasteiger partial charge >= 0.3 is 5.25 Å². The third-order valence-electron chi connectivity index (χ3n) is 2.01. The SMILES string of the molecule is NC(=O)COc1c(I)cc(Cl)c(SC(F)(F)C(Br)(Br)Br)c1Br. The lowest BCUT2D eigenvalue weighted by atomic mass is 10.3. The van der Waals surface area contributed by atoms with Gasteiger partial charge in [-0.1, -0.05) is 59.4 Å². The zero-order chi connectivity index (χ0) is 17.3. The van der Waals surface area contributed by atoms with Crippen molar-refractivity contribution >= 4 is 116 Å². The molecule has 1 aromatic rings. The molecular weight excluding hydrogens is 718 g/mol. The number of alkyl halides is 5. The number of rotatable bonds is 5. The number of hydrogen-bond donors (Lipinski definition) is 1. The highest BCUT2D eigenvalue weighted by Gasteiger charge is 2.50. The fraction of sp³-hybridized carbons (Fsp3) is 0.300. The highest BCUT2D eigenvalue weighted by atomic mass is 127. The number of halogens is 8. The van der Waals surface area contributed by atoms with Crippen LogP contribution in [0.25, 0.3) is 0 Å². The number of carbonyl (C=O) groups excluding carboxylic acids is 1. The lowest BCUT2D eigenvalue weighted by Gasteiger charge is -2.25. The van der Waals surface area contributed by atoms with Crippen LogP contribution in [0.1, 0.15) is 0 Å². The zero-order valence-corrected chi connectivity index (χ0v) is 20.2. The van der Waals surface area contributed by atoms with E-state index in [0.29, 0.717) is 3.57 Å². The van der Waals surface area contributed by atoms with E-state index < -0.39 is 13.3 Å². The molecule has 0 bridgehead atoms. The molecule has 0 unspecified atom stereocenters. The Bertz CT molecular complexity index is 603. The number of carbonyl (C=O) groups is 1. The van der Waals surface area contributed by atoms with Gasteiger partial charge in [0.15, 0.2) is 6.61 Å². The molecule has 0 atom stereocenters. The van der Waals surface area contributed by atoms with Crippen molar-refractivity contribution in [1.29, 1.82) is 0 Å².